The molecule has 1 aromatic heterocycles. The quantitative estimate of drug-likeness (QED) is 0.616. The Balaban J connectivity index is 2.00. The molecule has 0 atom stereocenters. The van der Waals surface area contributed by atoms with Crippen LogP contribution in [0.4, 0.5) is 4.39 Å². The zero-order valence-corrected chi connectivity index (χ0v) is 9.65. The second-order valence-electron chi connectivity index (χ2n) is 3.27. The fourth-order valence-corrected chi connectivity index (χ4v) is 2.07. The first-order valence-electron chi connectivity index (χ1n) is 4.93. The highest BCUT2D eigenvalue weighted by atomic mass is 32.2. The van der Waals surface area contributed by atoms with Crippen molar-refractivity contribution in [3.63, 3.8) is 0 Å². The topological polar surface area (TPSA) is 42.9 Å². The van der Waals surface area contributed by atoms with Crippen molar-refractivity contribution in [2.75, 3.05) is 5.75 Å². The summed E-state index contributed by atoms with van der Waals surface area (Å²) >= 11 is 1.17. The van der Waals surface area contributed by atoms with Crippen LogP contribution in [0.3, 0.4) is 0 Å². The standard InChI is InChI=1S/C12H9FN2OS/c13-10-3-1-2-4-12(10)17-7-11(16)9-5-14-8-15-6-9/h1-6,8H,7H2. The van der Waals surface area contributed by atoms with Crippen molar-refractivity contribution in [1.82, 2.24) is 9.97 Å². The van der Waals surface area contributed by atoms with Gasteiger partial charge in [-0.25, -0.2) is 14.4 Å². The Kier molecular flexibility index (Phi) is 3.82. The molecule has 3 nitrogen and oxygen atoms in total. The maximum absolute atomic E-state index is 13.3. The summed E-state index contributed by atoms with van der Waals surface area (Å²) in [5.74, 6) is -0.248. The summed E-state index contributed by atoms with van der Waals surface area (Å²) in [5.41, 5.74) is 0.441. The average molecular weight is 248 g/mol. The van der Waals surface area contributed by atoms with E-state index in [2.05, 4.69) is 9.97 Å². The number of carbonyl (C=O) groups excluding carboxylic acids is 1. The number of hydrogen-bond acceptors (Lipinski definition) is 4. The van der Waals surface area contributed by atoms with Gasteiger partial charge in [0.15, 0.2) is 5.78 Å². The molecule has 5 heteroatoms. The average Bonchev–Trinajstić information content (AvgIpc) is 2.38. The molecule has 0 fully saturated rings. The third-order valence-electron chi connectivity index (χ3n) is 2.08. The smallest absolute Gasteiger partial charge is 0.176 e. The molecule has 0 radical (unpaired) electrons. The lowest BCUT2D eigenvalue weighted by Gasteiger charge is -2.01. The largest absolute Gasteiger partial charge is 0.293 e. The van der Waals surface area contributed by atoms with Crippen LogP contribution in [0.15, 0.2) is 47.9 Å². The summed E-state index contributed by atoms with van der Waals surface area (Å²) in [6.45, 7) is 0. The molecule has 2 rings (SSSR count). The Morgan fingerprint density at radius 1 is 1.24 bits per heavy atom. The van der Waals surface area contributed by atoms with Crippen molar-refractivity contribution in [2.24, 2.45) is 0 Å². The molecule has 17 heavy (non-hydrogen) atoms. The number of ketones is 1. The van der Waals surface area contributed by atoms with Crippen molar-refractivity contribution < 1.29 is 9.18 Å². The fraction of sp³-hybridized carbons (Fsp3) is 0.0833. The first-order valence-corrected chi connectivity index (χ1v) is 5.91. The molecule has 1 aromatic carbocycles. The molecule has 0 aliphatic carbocycles. The van der Waals surface area contributed by atoms with Gasteiger partial charge in [-0.2, -0.15) is 0 Å². The van der Waals surface area contributed by atoms with Gasteiger partial charge in [0, 0.05) is 17.3 Å². The molecule has 0 saturated heterocycles. The second kappa shape index (κ2) is 5.54. The van der Waals surface area contributed by atoms with E-state index in [0.717, 1.165) is 0 Å². The highest BCUT2D eigenvalue weighted by Gasteiger charge is 2.08. The second-order valence-corrected chi connectivity index (χ2v) is 4.29. The van der Waals surface area contributed by atoms with E-state index in [4.69, 9.17) is 0 Å². The molecule has 0 spiro atoms. The molecule has 2 aromatic rings. The highest BCUT2D eigenvalue weighted by Crippen LogP contribution is 2.21. The van der Waals surface area contributed by atoms with Crippen LogP contribution in [-0.2, 0) is 0 Å². The Morgan fingerprint density at radius 3 is 2.65 bits per heavy atom. The number of hydrogen-bond donors (Lipinski definition) is 0. The van der Waals surface area contributed by atoms with Crippen LogP contribution in [0.5, 0.6) is 0 Å². The zero-order valence-electron chi connectivity index (χ0n) is 8.84. The van der Waals surface area contributed by atoms with E-state index in [1.165, 1.54) is 36.5 Å². The number of aromatic nitrogens is 2. The van der Waals surface area contributed by atoms with Gasteiger partial charge < -0.3 is 0 Å². The number of thioether (sulfide) groups is 1. The van der Waals surface area contributed by atoms with Gasteiger partial charge in [0.2, 0.25) is 0 Å². The van der Waals surface area contributed by atoms with Crippen molar-refractivity contribution in [1.29, 1.82) is 0 Å². The number of halogens is 1. The van der Waals surface area contributed by atoms with E-state index >= 15 is 0 Å². The fourth-order valence-electron chi connectivity index (χ4n) is 1.23. The lowest BCUT2D eigenvalue weighted by molar-refractivity contribution is 0.102. The predicted molar refractivity (Wildman–Crippen MR) is 63.5 cm³/mol. The van der Waals surface area contributed by atoms with E-state index in [-0.39, 0.29) is 17.4 Å². The van der Waals surface area contributed by atoms with E-state index in [9.17, 15) is 9.18 Å². The maximum Gasteiger partial charge on any atom is 0.176 e. The molecule has 86 valence electrons. The van der Waals surface area contributed by atoms with Crippen molar-refractivity contribution in [2.45, 2.75) is 4.90 Å². The maximum atomic E-state index is 13.3. The predicted octanol–water partition coefficient (Wildman–Crippen LogP) is 2.59. The SMILES string of the molecule is O=C(CSc1ccccc1F)c1cncnc1. The molecule has 0 aliphatic rings. The van der Waals surface area contributed by atoms with Crippen LogP contribution < -0.4 is 0 Å². The molecule has 0 bridgehead atoms. The Bertz CT molecular complexity index is 519. The molecular formula is C12H9FN2OS. The number of carbonyl (C=O) groups is 1. The Labute approximate surface area is 102 Å². The monoisotopic (exact) mass is 248 g/mol. The van der Waals surface area contributed by atoms with Crippen LogP contribution in [0, 0.1) is 5.82 Å². The highest BCUT2D eigenvalue weighted by molar-refractivity contribution is 8.00. The van der Waals surface area contributed by atoms with E-state index < -0.39 is 0 Å². The summed E-state index contributed by atoms with van der Waals surface area (Å²) < 4.78 is 13.3. The lowest BCUT2D eigenvalue weighted by atomic mass is 10.2. The molecular weight excluding hydrogens is 239 g/mol. The molecule has 0 saturated carbocycles. The summed E-state index contributed by atoms with van der Waals surface area (Å²) in [6, 6.07) is 6.38. The van der Waals surface area contributed by atoms with Gasteiger partial charge in [0.25, 0.3) is 0 Å². The van der Waals surface area contributed by atoms with E-state index in [1.807, 2.05) is 0 Å². The van der Waals surface area contributed by atoms with Gasteiger partial charge in [-0.15, -0.1) is 11.8 Å². The van der Waals surface area contributed by atoms with Crippen molar-refractivity contribution >= 4 is 17.5 Å². The Morgan fingerprint density at radius 2 is 1.94 bits per heavy atom. The van der Waals surface area contributed by atoms with Gasteiger partial charge in [0.1, 0.15) is 12.1 Å². The molecule has 0 N–H and O–H groups in total. The minimum atomic E-state index is -0.311. The summed E-state index contributed by atoms with van der Waals surface area (Å²) in [6.07, 6.45) is 4.27. The van der Waals surface area contributed by atoms with Crippen LogP contribution in [0.1, 0.15) is 10.4 Å². The first kappa shape index (κ1) is 11.7. The minimum Gasteiger partial charge on any atom is -0.293 e. The summed E-state index contributed by atoms with van der Waals surface area (Å²) in [7, 11) is 0. The number of benzene rings is 1. The lowest BCUT2D eigenvalue weighted by Crippen LogP contribution is -2.03. The molecule has 0 unspecified atom stereocenters. The van der Waals surface area contributed by atoms with Crippen molar-refractivity contribution in [3.05, 3.63) is 54.4 Å². The Hall–Kier alpha value is -1.75. The third-order valence-corrected chi connectivity index (χ3v) is 3.13. The van der Waals surface area contributed by atoms with E-state index in [1.54, 1.807) is 18.2 Å². The normalized spacial score (nSPS) is 10.2. The molecule has 0 aliphatic heterocycles. The van der Waals surface area contributed by atoms with Crippen LogP contribution in [-0.4, -0.2) is 21.5 Å². The zero-order chi connectivity index (χ0) is 12.1. The van der Waals surface area contributed by atoms with Crippen LogP contribution in [0.2, 0.25) is 0 Å². The first-order chi connectivity index (χ1) is 8.27. The summed E-state index contributed by atoms with van der Waals surface area (Å²) in [4.78, 5) is 19.7. The number of nitrogens with zero attached hydrogens (tertiary/aromatic N) is 2. The van der Waals surface area contributed by atoms with Gasteiger partial charge in [-0.05, 0) is 12.1 Å². The number of rotatable bonds is 4. The van der Waals surface area contributed by atoms with Gasteiger partial charge in [-0.1, -0.05) is 12.1 Å². The van der Waals surface area contributed by atoms with Crippen LogP contribution >= 0.6 is 11.8 Å². The number of Topliss-reactive ketones (excluding diaryl/α,β-unsaturated/α-hetero) is 1. The summed E-state index contributed by atoms with van der Waals surface area (Å²) in [5, 5.41) is 0. The molecule has 0 amide bonds. The van der Waals surface area contributed by atoms with E-state index in [0.29, 0.717) is 10.5 Å². The van der Waals surface area contributed by atoms with Crippen molar-refractivity contribution in [3.8, 4) is 0 Å². The van der Waals surface area contributed by atoms with Gasteiger partial charge in [-0.3, -0.25) is 4.79 Å². The minimum absolute atomic E-state index is 0.112. The third kappa shape index (κ3) is 3.10. The van der Waals surface area contributed by atoms with Crippen LogP contribution in [0.25, 0.3) is 0 Å². The van der Waals surface area contributed by atoms with Gasteiger partial charge in [0.05, 0.1) is 11.3 Å². The molecule has 1 heterocycles. The van der Waals surface area contributed by atoms with Gasteiger partial charge >= 0.3 is 0 Å².